The van der Waals surface area contributed by atoms with Crippen molar-refractivity contribution in [3.63, 3.8) is 0 Å². The Bertz CT molecular complexity index is 466. The second-order valence-corrected chi connectivity index (χ2v) is 3.23. The topological polar surface area (TPSA) is 54.9 Å². The summed E-state index contributed by atoms with van der Waals surface area (Å²) in [5.74, 6) is -0.323. The van der Waals surface area contributed by atoms with Gasteiger partial charge in [0.25, 0.3) is 11.5 Å². The van der Waals surface area contributed by atoms with E-state index in [0.29, 0.717) is 5.56 Å². The summed E-state index contributed by atoms with van der Waals surface area (Å²) in [4.78, 5) is 22.6. The van der Waals surface area contributed by atoms with Crippen molar-refractivity contribution in [3.05, 3.63) is 45.0 Å². The zero-order valence-electron chi connectivity index (χ0n) is 6.56. The van der Waals surface area contributed by atoms with E-state index in [1.165, 1.54) is 23.6 Å². The molecular weight excluding hydrogens is 188 g/mol. The van der Waals surface area contributed by atoms with Gasteiger partial charge < -0.3 is 0 Å². The van der Waals surface area contributed by atoms with Gasteiger partial charge in [-0.25, -0.2) is 0 Å². The van der Waals surface area contributed by atoms with Gasteiger partial charge in [0.1, 0.15) is 0 Å². The molecule has 0 radical (unpaired) electrons. The Hall–Kier alpha value is -1.62. The predicted octanol–water partition coefficient (Wildman–Crippen LogP) is 0.926. The average molecular weight is 194 g/mol. The first-order chi connectivity index (χ1) is 6.29. The zero-order chi connectivity index (χ0) is 9.26. The van der Waals surface area contributed by atoms with Gasteiger partial charge in [0.2, 0.25) is 0 Å². The van der Waals surface area contributed by atoms with Crippen LogP contribution in [0, 0.1) is 0 Å². The summed E-state index contributed by atoms with van der Waals surface area (Å²) in [6, 6.07) is 2.99. The summed E-state index contributed by atoms with van der Waals surface area (Å²) in [6.45, 7) is 0. The van der Waals surface area contributed by atoms with Gasteiger partial charge in [0.05, 0.1) is 5.56 Å². The van der Waals surface area contributed by atoms with Gasteiger partial charge in [-0.05, 0) is 11.4 Å². The lowest BCUT2D eigenvalue weighted by atomic mass is 10.3. The smallest absolute Gasteiger partial charge is 0.280 e. The maximum absolute atomic E-state index is 11.5. The molecule has 0 saturated carbocycles. The molecule has 0 unspecified atom stereocenters. The highest BCUT2D eigenvalue weighted by Gasteiger charge is 2.10. The van der Waals surface area contributed by atoms with Crippen LogP contribution in [0.5, 0.6) is 0 Å². The second-order valence-electron chi connectivity index (χ2n) is 2.45. The Morgan fingerprint density at radius 3 is 2.85 bits per heavy atom. The first kappa shape index (κ1) is 8.00. The Labute approximate surface area is 77.4 Å². The van der Waals surface area contributed by atoms with E-state index < -0.39 is 0 Å². The SMILES string of the molecule is O=C(c1ccsc1)n1[nH]ccc1=O. The zero-order valence-corrected chi connectivity index (χ0v) is 7.38. The van der Waals surface area contributed by atoms with Crippen LogP contribution in [0.15, 0.2) is 33.9 Å². The minimum atomic E-state index is -0.337. The molecule has 0 bridgehead atoms. The minimum absolute atomic E-state index is 0.323. The molecule has 0 amide bonds. The molecule has 0 atom stereocenters. The van der Waals surface area contributed by atoms with Crippen LogP contribution in [0.3, 0.4) is 0 Å². The van der Waals surface area contributed by atoms with E-state index >= 15 is 0 Å². The van der Waals surface area contributed by atoms with Gasteiger partial charge in [-0.1, -0.05) is 0 Å². The normalized spacial score (nSPS) is 10.2. The molecule has 0 aliphatic rings. The summed E-state index contributed by atoms with van der Waals surface area (Å²) in [5.41, 5.74) is 0.186. The predicted molar refractivity (Wildman–Crippen MR) is 49.1 cm³/mol. The molecule has 2 heterocycles. The molecule has 2 aromatic rings. The quantitative estimate of drug-likeness (QED) is 0.734. The van der Waals surface area contributed by atoms with Crippen molar-refractivity contribution in [2.24, 2.45) is 0 Å². The van der Waals surface area contributed by atoms with Crippen LogP contribution < -0.4 is 5.56 Å². The molecule has 0 aromatic carbocycles. The third-order valence-electron chi connectivity index (χ3n) is 1.62. The van der Waals surface area contributed by atoms with Gasteiger partial charge >= 0.3 is 0 Å². The van der Waals surface area contributed by atoms with Crippen LogP contribution in [-0.4, -0.2) is 15.7 Å². The van der Waals surface area contributed by atoms with Crippen LogP contribution >= 0.6 is 11.3 Å². The monoisotopic (exact) mass is 194 g/mol. The number of carbonyl (C=O) groups is 1. The van der Waals surface area contributed by atoms with Gasteiger partial charge in [0.15, 0.2) is 0 Å². The van der Waals surface area contributed by atoms with Crippen molar-refractivity contribution in [1.82, 2.24) is 9.78 Å². The number of rotatable bonds is 1. The maximum Gasteiger partial charge on any atom is 0.280 e. The fraction of sp³-hybridized carbons (Fsp3) is 0. The molecule has 66 valence electrons. The number of aromatic amines is 1. The lowest BCUT2D eigenvalue weighted by Gasteiger charge is -1.95. The summed E-state index contributed by atoms with van der Waals surface area (Å²) < 4.78 is 0.974. The lowest BCUT2D eigenvalue weighted by molar-refractivity contribution is 0.0942. The van der Waals surface area contributed by atoms with E-state index in [-0.39, 0.29) is 11.5 Å². The molecule has 0 aliphatic carbocycles. The van der Waals surface area contributed by atoms with Crippen molar-refractivity contribution in [1.29, 1.82) is 0 Å². The Balaban J connectivity index is 2.45. The number of nitrogens with zero attached hydrogens (tertiary/aromatic N) is 1. The Kier molecular flexibility index (Phi) is 1.86. The molecule has 0 fully saturated rings. The lowest BCUT2D eigenvalue weighted by Crippen LogP contribution is -2.24. The summed E-state index contributed by atoms with van der Waals surface area (Å²) in [7, 11) is 0. The second kappa shape index (κ2) is 3.02. The van der Waals surface area contributed by atoms with E-state index in [2.05, 4.69) is 5.10 Å². The Morgan fingerprint density at radius 2 is 2.31 bits per heavy atom. The van der Waals surface area contributed by atoms with Gasteiger partial charge in [-0.15, -0.1) is 0 Å². The number of nitrogens with one attached hydrogen (secondary N) is 1. The Morgan fingerprint density at radius 1 is 1.46 bits per heavy atom. The van der Waals surface area contributed by atoms with Crippen LogP contribution in [0.4, 0.5) is 0 Å². The number of hydrogen-bond acceptors (Lipinski definition) is 3. The van der Waals surface area contributed by atoms with Crippen molar-refractivity contribution >= 4 is 17.2 Å². The van der Waals surface area contributed by atoms with Crippen LogP contribution in [0.1, 0.15) is 10.4 Å². The highest BCUT2D eigenvalue weighted by Crippen LogP contribution is 2.06. The molecule has 4 nitrogen and oxygen atoms in total. The van der Waals surface area contributed by atoms with E-state index in [1.807, 2.05) is 0 Å². The number of hydrogen-bond donors (Lipinski definition) is 1. The van der Waals surface area contributed by atoms with Gasteiger partial charge in [-0.3, -0.25) is 14.7 Å². The van der Waals surface area contributed by atoms with E-state index in [9.17, 15) is 9.59 Å². The fourth-order valence-electron chi connectivity index (χ4n) is 0.995. The standard InChI is InChI=1S/C8H6N2O2S/c11-7-1-3-9-10(7)8(12)6-2-4-13-5-6/h1-5,9H. The number of thiophene rings is 1. The summed E-state index contributed by atoms with van der Waals surface area (Å²) in [6.07, 6.45) is 1.44. The number of H-pyrrole nitrogens is 1. The first-order valence-electron chi connectivity index (χ1n) is 3.62. The van der Waals surface area contributed by atoms with Crippen molar-refractivity contribution < 1.29 is 4.79 Å². The third-order valence-corrected chi connectivity index (χ3v) is 2.30. The molecule has 13 heavy (non-hydrogen) atoms. The molecule has 2 aromatic heterocycles. The van der Waals surface area contributed by atoms with E-state index in [0.717, 1.165) is 4.68 Å². The maximum atomic E-state index is 11.5. The van der Waals surface area contributed by atoms with Crippen molar-refractivity contribution in [2.45, 2.75) is 0 Å². The van der Waals surface area contributed by atoms with E-state index in [4.69, 9.17) is 0 Å². The molecular formula is C8H6N2O2S. The number of aromatic nitrogens is 2. The van der Waals surface area contributed by atoms with Gasteiger partial charge in [0, 0.05) is 17.6 Å². The summed E-state index contributed by atoms with van der Waals surface area (Å²) in [5, 5.41) is 6.05. The molecule has 0 aliphatic heterocycles. The molecule has 0 saturated heterocycles. The number of carbonyl (C=O) groups excluding carboxylic acids is 1. The van der Waals surface area contributed by atoms with Crippen molar-refractivity contribution in [2.75, 3.05) is 0 Å². The van der Waals surface area contributed by atoms with Crippen LogP contribution in [0.25, 0.3) is 0 Å². The van der Waals surface area contributed by atoms with E-state index in [1.54, 1.807) is 16.8 Å². The third kappa shape index (κ3) is 1.33. The fourth-order valence-corrected chi connectivity index (χ4v) is 1.62. The largest absolute Gasteiger partial charge is 0.295 e. The van der Waals surface area contributed by atoms with Crippen molar-refractivity contribution in [3.8, 4) is 0 Å². The first-order valence-corrected chi connectivity index (χ1v) is 4.56. The highest BCUT2D eigenvalue weighted by atomic mass is 32.1. The van der Waals surface area contributed by atoms with Gasteiger partial charge in [-0.2, -0.15) is 16.0 Å². The molecule has 0 spiro atoms. The van der Waals surface area contributed by atoms with Crippen LogP contribution in [0.2, 0.25) is 0 Å². The molecule has 5 heteroatoms. The highest BCUT2D eigenvalue weighted by molar-refractivity contribution is 7.08. The van der Waals surface area contributed by atoms with Crippen LogP contribution in [-0.2, 0) is 0 Å². The molecule has 1 N–H and O–H groups in total. The molecule has 2 rings (SSSR count). The average Bonchev–Trinajstić information content (AvgIpc) is 2.72. The minimum Gasteiger partial charge on any atom is -0.295 e. The summed E-state index contributed by atoms with van der Waals surface area (Å²) >= 11 is 1.42.